The van der Waals surface area contributed by atoms with Gasteiger partial charge < -0.3 is 4.74 Å². The molecule has 1 rings (SSSR count). The van der Waals surface area contributed by atoms with Gasteiger partial charge in [0, 0.05) is 19.0 Å². The van der Waals surface area contributed by atoms with Gasteiger partial charge in [-0.1, -0.05) is 0 Å². The van der Waals surface area contributed by atoms with Crippen molar-refractivity contribution in [3.63, 3.8) is 0 Å². The van der Waals surface area contributed by atoms with Crippen molar-refractivity contribution in [2.24, 2.45) is 0 Å². The molecule has 1 aliphatic carbocycles. The van der Waals surface area contributed by atoms with Gasteiger partial charge in [0.25, 0.3) is 0 Å². The standard InChI is InChI=1S/C10H17N3O4S/c1-8(2)17-10(14)12-18(15,16)13(7-3-6-11)9-4-5-9/h8-9H,3-5,7H2,1-2H3,(H,12,14). The average molecular weight is 275 g/mol. The molecule has 1 fully saturated rings. The summed E-state index contributed by atoms with van der Waals surface area (Å²) in [7, 11) is -3.92. The highest BCUT2D eigenvalue weighted by atomic mass is 32.2. The number of carbonyl (C=O) groups excluding carboxylic acids is 1. The molecular weight excluding hydrogens is 258 g/mol. The van der Waals surface area contributed by atoms with Gasteiger partial charge >= 0.3 is 16.3 Å². The summed E-state index contributed by atoms with van der Waals surface area (Å²) in [4.78, 5) is 11.3. The Morgan fingerprint density at radius 1 is 1.56 bits per heavy atom. The minimum atomic E-state index is -3.92. The molecule has 0 aliphatic heterocycles. The molecule has 1 amide bonds. The average Bonchev–Trinajstić information content (AvgIpc) is 2.99. The van der Waals surface area contributed by atoms with Crippen LogP contribution < -0.4 is 4.72 Å². The summed E-state index contributed by atoms with van der Waals surface area (Å²) >= 11 is 0. The molecular formula is C10H17N3O4S. The van der Waals surface area contributed by atoms with Crippen LogP contribution in [-0.2, 0) is 14.9 Å². The van der Waals surface area contributed by atoms with Crippen molar-refractivity contribution in [2.75, 3.05) is 6.54 Å². The zero-order valence-electron chi connectivity index (χ0n) is 10.4. The van der Waals surface area contributed by atoms with Crippen molar-refractivity contribution in [1.29, 1.82) is 5.26 Å². The van der Waals surface area contributed by atoms with E-state index in [1.54, 1.807) is 13.8 Å². The maximum atomic E-state index is 11.9. The first-order valence-electron chi connectivity index (χ1n) is 5.74. The molecule has 102 valence electrons. The lowest BCUT2D eigenvalue weighted by atomic mass is 10.4. The lowest BCUT2D eigenvalue weighted by Gasteiger charge is -2.20. The van der Waals surface area contributed by atoms with Crippen LogP contribution in [-0.4, -0.2) is 37.5 Å². The maximum Gasteiger partial charge on any atom is 0.422 e. The summed E-state index contributed by atoms with van der Waals surface area (Å²) in [5.74, 6) is 0. The van der Waals surface area contributed by atoms with Crippen LogP contribution in [0.3, 0.4) is 0 Å². The molecule has 1 saturated carbocycles. The Bertz CT molecular complexity index is 437. The molecule has 8 heteroatoms. The molecule has 18 heavy (non-hydrogen) atoms. The fourth-order valence-electron chi connectivity index (χ4n) is 1.42. The van der Waals surface area contributed by atoms with Crippen LogP contribution in [0.25, 0.3) is 0 Å². The topological polar surface area (TPSA) is 99.5 Å². The first-order chi connectivity index (χ1) is 8.36. The number of carbonyl (C=O) groups is 1. The Morgan fingerprint density at radius 3 is 2.61 bits per heavy atom. The van der Waals surface area contributed by atoms with Crippen LogP contribution in [0.5, 0.6) is 0 Å². The Hall–Kier alpha value is -1.33. The first-order valence-corrected chi connectivity index (χ1v) is 7.18. The van der Waals surface area contributed by atoms with Gasteiger partial charge in [0.2, 0.25) is 0 Å². The third-order valence-electron chi connectivity index (χ3n) is 2.26. The number of amides is 1. The second-order valence-electron chi connectivity index (χ2n) is 4.31. The van der Waals surface area contributed by atoms with Gasteiger partial charge in [-0.05, 0) is 26.7 Å². The van der Waals surface area contributed by atoms with Gasteiger partial charge in [-0.3, -0.25) is 0 Å². The van der Waals surface area contributed by atoms with Crippen molar-refractivity contribution in [3.8, 4) is 6.07 Å². The van der Waals surface area contributed by atoms with E-state index in [2.05, 4.69) is 0 Å². The molecule has 7 nitrogen and oxygen atoms in total. The number of nitrogens with zero attached hydrogens (tertiary/aromatic N) is 2. The third-order valence-corrected chi connectivity index (χ3v) is 3.78. The summed E-state index contributed by atoms with van der Waals surface area (Å²) in [5, 5.41) is 8.50. The molecule has 0 aromatic carbocycles. The fraction of sp³-hybridized carbons (Fsp3) is 0.800. The van der Waals surface area contributed by atoms with Crippen LogP contribution >= 0.6 is 0 Å². The van der Waals surface area contributed by atoms with Crippen molar-refractivity contribution in [1.82, 2.24) is 9.03 Å². The van der Waals surface area contributed by atoms with Gasteiger partial charge in [0.15, 0.2) is 0 Å². The van der Waals surface area contributed by atoms with Crippen LogP contribution in [0, 0.1) is 11.3 Å². The van der Waals surface area contributed by atoms with E-state index in [4.69, 9.17) is 10.00 Å². The van der Waals surface area contributed by atoms with Crippen LogP contribution in [0.2, 0.25) is 0 Å². The normalized spacial score (nSPS) is 15.5. The summed E-state index contributed by atoms with van der Waals surface area (Å²) < 4.78 is 31.5. The second-order valence-corrected chi connectivity index (χ2v) is 5.93. The highest BCUT2D eigenvalue weighted by Gasteiger charge is 2.37. The van der Waals surface area contributed by atoms with Gasteiger partial charge in [-0.25, -0.2) is 9.52 Å². The molecule has 0 saturated heterocycles. The van der Waals surface area contributed by atoms with Crippen LogP contribution in [0.1, 0.15) is 33.1 Å². The lowest BCUT2D eigenvalue weighted by molar-refractivity contribution is 0.121. The van der Waals surface area contributed by atoms with Crippen molar-refractivity contribution < 1.29 is 17.9 Å². The molecule has 1 aliphatic rings. The van der Waals surface area contributed by atoms with E-state index in [-0.39, 0.29) is 19.0 Å². The van der Waals surface area contributed by atoms with Gasteiger partial charge in [0.05, 0.1) is 12.2 Å². The molecule has 0 spiro atoms. The highest BCUT2D eigenvalue weighted by Crippen LogP contribution is 2.28. The van der Waals surface area contributed by atoms with E-state index in [0.29, 0.717) is 0 Å². The van der Waals surface area contributed by atoms with Gasteiger partial charge in [-0.2, -0.15) is 18.0 Å². The molecule has 0 aromatic rings. The predicted molar refractivity (Wildman–Crippen MR) is 63.6 cm³/mol. The highest BCUT2D eigenvalue weighted by molar-refractivity contribution is 7.87. The van der Waals surface area contributed by atoms with E-state index >= 15 is 0 Å². The summed E-state index contributed by atoms with van der Waals surface area (Å²) in [6.07, 6.45) is 0.217. The van der Waals surface area contributed by atoms with Crippen molar-refractivity contribution >= 4 is 16.3 Å². The quantitative estimate of drug-likeness (QED) is 0.770. The number of nitriles is 1. The molecule has 0 unspecified atom stereocenters. The van der Waals surface area contributed by atoms with Crippen molar-refractivity contribution in [2.45, 2.75) is 45.3 Å². The molecule has 0 bridgehead atoms. The van der Waals surface area contributed by atoms with Crippen LogP contribution in [0.15, 0.2) is 0 Å². The number of hydrogen-bond acceptors (Lipinski definition) is 5. The smallest absolute Gasteiger partial charge is 0.422 e. The zero-order chi connectivity index (χ0) is 13.8. The minimum Gasteiger partial charge on any atom is -0.446 e. The largest absolute Gasteiger partial charge is 0.446 e. The fourth-order valence-corrected chi connectivity index (χ4v) is 2.73. The van der Waals surface area contributed by atoms with Gasteiger partial charge in [0.1, 0.15) is 0 Å². The molecule has 0 heterocycles. The lowest BCUT2D eigenvalue weighted by Crippen LogP contribution is -2.45. The Labute approximate surface area is 107 Å². The summed E-state index contributed by atoms with van der Waals surface area (Å²) in [6, 6.07) is 1.78. The third kappa shape index (κ3) is 4.50. The molecule has 0 aromatic heterocycles. The Morgan fingerprint density at radius 2 is 2.17 bits per heavy atom. The van der Waals surface area contributed by atoms with E-state index in [1.165, 1.54) is 0 Å². The number of hydrogen-bond donors (Lipinski definition) is 1. The monoisotopic (exact) mass is 275 g/mol. The SMILES string of the molecule is CC(C)OC(=O)NS(=O)(=O)N(CCC#N)C1CC1. The van der Waals surface area contributed by atoms with E-state index in [9.17, 15) is 13.2 Å². The van der Waals surface area contributed by atoms with E-state index < -0.39 is 22.4 Å². The van der Waals surface area contributed by atoms with E-state index in [0.717, 1.165) is 17.1 Å². The zero-order valence-corrected chi connectivity index (χ0v) is 11.2. The minimum absolute atomic E-state index is 0.0887. The Balaban J connectivity index is 2.64. The maximum absolute atomic E-state index is 11.9. The molecule has 0 atom stereocenters. The van der Waals surface area contributed by atoms with E-state index in [1.807, 2.05) is 10.8 Å². The number of rotatable bonds is 6. The first kappa shape index (κ1) is 14.7. The van der Waals surface area contributed by atoms with Gasteiger partial charge in [-0.15, -0.1) is 0 Å². The number of nitrogens with one attached hydrogen (secondary N) is 1. The number of ether oxygens (including phenoxy) is 1. The second kappa shape index (κ2) is 6.02. The summed E-state index contributed by atoms with van der Waals surface area (Å²) in [6.45, 7) is 3.34. The Kier molecular flexibility index (Phi) is 4.93. The molecule has 0 radical (unpaired) electrons. The molecule has 1 N–H and O–H groups in total. The summed E-state index contributed by atoms with van der Waals surface area (Å²) in [5.41, 5.74) is 0. The van der Waals surface area contributed by atoms with Crippen LogP contribution in [0.4, 0.5) is 4.79 Å². The predicted octanol–water partition coefficient (Wildman–Crippen LogP) is 0.744. The van der Waals surface area contributed by atoms with Crippen molar-refractivity contribution in [3.05, 3.63) is 0 Å².